The SMILES string of the molecule is OC(c1ccco1)c1cc(I)ccc1Br. The summed E-state index contributed by atoms with van der Waals surface area (Å²) in [6.07, 6.45) is 0.837. The molecule has 1 unspecified atom stereocenters. The number of furan rings is 1. The lowest BCUT2D eigenvalue weighted by Crippen LogP contribution is -1.99. The number of aliphatic hydroxyl groups excluding tert-OH is 1. The summed E-state index contributed by atoms with van der Waals surface area (Å²) in [5.41, 5.74) is 0.817. The van der Waals surface area contributed by atoms with Crippen molar-refractivity contribution in [3.8, 4) is 0 Å². The van der Waals surface area contributed by atoms with Gasteiger partial charge in [-0.1, -0.05) is 15.9 Å². The smallest absolute Gasteiger partial charge is 0.138 e. The molecule has 15 heavy (non-hydrogen) atoms. The number of hydrogen-bond donors (Lipinski definition) is 1. The van der Waals surface area contributed by atoms with Crippen LogP contribution in [0, 0.1) is 3.57 Å². The van der Waals surface area contributed by atoms with Crippen molar-refractivity contribution in [1.82, 2.24) is 0 Å². The van der Waals surface area contributed by atoms with E-state index >= 15 is 0 Å². The van der Waals surface area contributed by atoms with Crippen LogP contribution in [-0.2, 0) is 0 Å². The van der Waals surface area contributed by atoms with Crippen LogP contribution in [0.2, 0.25) is 0 Å². The lowest BCUT2D eigenvalue weighted by Gasteiger charge is -2.10. The first-order valence-corrected chi connectivity index (χ1v) is 6.22. The van der Waals surface area contributed by atoms with Crippen molar-refractivity contribution >= 4 is 38.5 Å². The van der Waals surface area contributed by atoms with Gasteiger partial charge in [0.05, 0.1) is 6.26 Å². The second-order valence-corrected chi connectivity index (χ2v) is 5.18. The van der Waals surface area contributed by atoms with Gasteiger partial charge in [-0.25, -0.2) is 0 Å². The maximum Gasteiger partial charge on any atom is 0.138 e. The number of halogens is 2. The molecule has 0 radical (unpaired) electrons. The predicted octanol–water partition coefficient (Wildman–Crippen LogP) is 3.73. The first-order chi connectivity index (χ1) is 7.18. The average molecular weight is 379 g/mol. The molecule has 78 valence electrons. The molecule has 0 aliphatic heterocycles. The molecule has 0 amide bonds. The number of aliphatic hydroxyl groups is 1. The molecule has 0 saturated heterocycles. The van der Waals surface area contributed by atoms with Crippen LogP contribution < -0.4 is 0 Å². The number of hydrogen-bond acceptors (Lipinski definition) is 2. The van der Waals surface area contributed by atoms with E-state index in [1.54, 1.807) is 18.4 Å². The molecule has 0 aliphatic rings. The zero-order valence-electron chi connectivity index (χ0n) is 7.65. The summed E-state index contributed by atoms with van der Waals surface area (Å²) in [5.74, 6) is 0.553. The maximum atomic E-state index is 10.1. The molecular weight excluding hydrogens is 371 g/mol. The molecule has 1 N–H and O–H groups in total. The molecule has 0 bridgehead atoms. The minimum Gasteiger partial charge on any atom is -0.466 e. The Hall–Kier alpha value is -0.330. The third-order valence-corrected chi connectivity index (χ3v) is 3.46. The second kappa shape index (κ2) is 4.67. The first kappa shape index (κ1) is 11.2. The molecule has 2 nitrogen and oxygen atoms in total. The Morgan fingerprint density at radius 2 is 2.13 bits per heavy atom. The highest BCUT2D eigenvalue weighted by molar-refractivity contribution is 14.1. The molecule has 1 aromatic carbocycles. The van der Waals surface area contributed by atoms with E-state index in [9.17, 15) is 5.11 Å². The zero-order chi connectivity index (χ0) is 10.8. The summed E-state index contributed by atoms with van der Waals surface area (Å²) in [6, 6.07) is 9.35. The fraction of sp³-hybridized carbons (Fsp3) is 0.0909. The molecule has 0 fully saturated rings. The van der Waals surface area contributed by atoms with E-state index in [1.807, 2.05) is 18.2 Å². The highest BCUT2D eigenvalue weighted by Crippen LogP contribution is 2.29. The van der Waals surface area contributed by atoms with Crippen molar-refractivity contribution in [2.45, 2.75) is 6.10 Å². The molecule has 0 saturated carbocycles. The molecule has 2 aromatic rings. The molecule has 4 heteroatoms. The van der Waals surface area contributed by atoms with Gasteiger partial charge in [0.1, 0.15) is 11.9 Å². The van der Waals surface area contributed by atoms with Crippen LogP contribution in [-0.4, -0.2) is 5.11 Å². The zero-order valence-corrected chi connectivity index (χ0v) is 11.4. The van der Waals surface area contributed by atoms with Gasteiger partial charge in [0.25, 0.3) is 0 Å². The van der Waals surface area contributed by atoms with Crippen molar-refractivity contribution in [3.05, 3.63) is 56.0 Å². The fourth-order valence-electron chi connectivity index (χ4n) is 1.32. The second-order valence-electron chi connectivity index (χ2n) is 3.08. The Bertz CT molecular complexity index is 454. The van der Waals surface area contributed by atoms with Gasteiger partial charge in [-0.3, -0.25) is 0 Å². The van der Waals surface area contributed by atoms with E-state index in [4.69, 9.17) is 4.42 Å². The van der Waals surface area contributed by atoms with Crippen molar-refractivity contribution in [2.24, 2.45) is 0 Å². The van der Waals surface area contributed by atoms with Crippen LogP contribution in [0.15, 0.2) is 45.5 Å². The van der Waals surface area contributed by atoms with Crippen LogP contribution in [0.25, 0.3) is 0 Å². The van der Waals surface area contributed by atoms with E-state index in [1.165, 1.54) is 0 Å². The summed E-state index contributed by atoms with van der Waals surface area (Å²) in [4.78, 5) is 0. The van der Waals surface area contributed by atoms with E-state index in [-0.39, 0.29) is 0 Å². The Morgan fingerprint density at radius 3 is 2.80 bits per heavy atom. The minimum absolute atomic E-state index is 0.553. The highest BCUT2D eigenvalue weighted by atomic mass is 127. The predicted molar refractivity (Wildman–Crippen MR) is 69.6 cm³/mol. The average Bonchev–Trinajstić information content (AvgIpc) is 2.74. The van der Waals surface area contributed by atoms with Gasteiger partial charge in [-0.2, -0.15) is 0 Å². The van der Waals surface area contributed by atoms with Gasteiger partial charge >= 0.3 is 0 Å². The van der Waals surface area contributed by atoms with Crippen LogP contribution in [0.1, 0.15) is 17.4 Å². The Kier molecular flexibility index (Phi) is 3.48. The monoisotopic (exact) mass is 378 g/mol. The van der Waals surface area contributed by atoms with E-state index in [0.717, 1.165) is 13.6 Å². The number of benzene rings is 1. The third-order valence-electron chi connectivity index (χ3n) is 2.07. The lowest BCUT2D eigenvalue weighted by molar-refractivity contribution is 0.188. The van der Waals surface area contributed by atoms with Crippen molar-refractivity contribution in [2.75, 3.05) is 0 Å². The maximum absolute atomic E-state index is 10.1. The summed E-state index contributed by atoms with van der Waals surface area (Å²) in [5, 5.41) is 10.1. The van der Waals surface area contributed by atoms with Gasteiger partial charge in [0.2, 0.25) is 0 Å². The van der Waals surface area contributed by atoms with Crippen LogP contribution >= 0.6 is 38.5 Å². The Labute approximate surface area is 110 Å². The van der Waals surface area contributed by atoms with Gasteiger partial charge in [0, 0.05) is 13.6 Å². The van der Waals surface area contributed by atoms with Gasteiger partial charge < -0.3 is 9.52 Å². The van der Waals surface area contributed by atoms with E-state index < -0.39 is 6.10 Å². The van der Waals surface area contributed by atoms with Crippen molar-refractivity contribution < 1.29 is 9.52 Å². The molecular formula is C11H8BrIO2. The summed E-state index contributed by atoms with van der Waals surface area (Å²) in [6.45, 7) is 0. The summed E-state index contributed by atoms with van der Waals surface area (Å²) < 4.78 is 7.13. The van der Waals surface area contributed by atoms with Gasteiger partial charge in [-0.15, -0.1) is 0 Å². The molecule has 1 aromatic heterocycles. The standard InChI is InChI=1S/C11H8BrIO2/c12-9-4-3-7(13)6-8(9)11(14)10-2-1-5-15-10/h1-6,11,14H. The topological polar surface area (TPSA) is 33.4 Å². The van der Waals surface area contributed by atoms with Crippen molar-refractivity contribution in [3.63, 3.8) is 0 Å². The van der Waals surface area contributed by atoms with E-state index in [2.05, 4.69) is 38.5 Å². The molecule has 0 aliphatic carbocycles. The first-order valence-electron chi connectivity index (χ1n) is 4.35. The quantitative estimate of drug-likeness (QED) is 0.808. The Balaban J connectivity index is 2.41. The van der Waals surface area contributed by atoms with Gasteiger partial charge in [-0.05, 0) is 52.9 Å². The summed E-state index contributed by atoms with van der Waals surface area (Å²) in [7, 11) is 0. The minimum atomic E-state index is -0.718. The van der Waals surface area contributed by atoms with Crippen LogP contribution in [0.3, 0.4) is 0 Å². The fourth-order valence-corrected chi connectivity index (χ4v) is 2.30. The Morgan fingerprint density at radius 1 is 1.33 bits per heavy atom. The van der Waals surface area contributed by atoms with Crippen LogP contribution in [0.4, 0.5) is 0 Å². The van der Waals surface area contributed by atoms with Crippen LogP contribution in [0.5, 0.6) is 0 Å². The number of rotatable bonds is 2. The van der Waals surface area contributed by atoms with E-state index in [0.29, 0.717) is 5.76 Å². The molecule has 0 spiro atoms. The van der Waals surface area contributed by atoms with Crippen molar-refractivity contribution in [1.29, 1.82) is 0 Å². The molecule has 2 rings (SSSR count). The summed E-state index contributed by atoms with van der Waals surface area (Å²) >= 11 is 5.62. The molecule has 1 heterocycles. The largest absolute Gasteiger partial charge is 0.466 e. The highest BCUT2D eigenvalue weighted by Gasteiger charge is 2.16. The lowest BCUT2D eigenvalue weighted by atomic mass is 10.1. The van der Waals surface area contributed by atoms with Gasteiger partial charge in [0.15, 0.2) is 0 Å². The normalized spacial score (nSPS) is 12.7. The molecule has 1 atom stereocenters. The third kappa shape index (κ3) is 2.43.